The molecule has 0 heterocycles. The molecule has 2 rings (SSSR count). The van der Waals surface area contributed by atoms with Crippen molar-refractivity contribution in [2.75, 3.05) is 6.54 Å². The largest absolute Gasteiger partial charge is 0.314 e. The quantitative estimate of drug-likeness (QED) is 0.843. The lowest BCUT2D eigenvalue weighted by Gasteiger charge is -2.23. The zero-order chi connectivity index (χ0) is 13.0. The Morgan fingerprint density at radius 3 is 2.22 bits per heavy atom. The minimum Gasteiger partial charge on any atom is -0.314 e. The van der Waals surface area contributed by atoms with Gasteiger partial charge in [-0.05, 0) is 63.3 Å². The second-order valence-electron chi connectivity index (χ2n) is 5.92. The molecule has 1 fully saturated rings. The second-order valence-corrected chi connectivity index (χ2v) is 5.92. The monoisotopic (exact) mass is 245 g/mol. The van der Waals surface area contributed by atoms with Gasteiger partial charge < -0.3 is 5.32 Å². The maximum Gasteiger partial charge on any atom is 0.00671 e. The van der Waals surface area contributed by atoms with E-state index in [0.717, 1.165) is 12.6 Å². The zero-order valence-electron chi connectivity index (χ0n) is 12.2. The van der Waals surface area contributed by atoms with Crippen LogP contribution in [0.5, 0.6) is 0 Å². The molecule has 1 aliphatic rings. The van der Waals surface area contributed by atoms with E-state index in [1.807, 2.05) is 0 Å². The molecule has 1 heteroatoms. The first-order valence-corrected chi connectivity index (χ1v) is 7.47. The summed E-state index contributed by atoms with van der Waals surface area (Å²) in [5, 5.41) is 3.74. The van der Waals surface area contributed by atoms with Crippen LogP contribution in [-0.4, -0.2) is 12.6 Å². The molecule has 0 amide bonds. The van der Waals surface area contributed by atoms with E-state index >= 15 is 0 Å². The Balaban J connectivity index is 1.86. The molecule has 0 bridgehead atoms. The predicted molar refractivity (Wildman–Crippen MR) is 79.2 cm³/mol. The van der Waals surface area contributed by atoms with Crippen molar-refractivity contribution in [2.24, 2.45) is 0 Å². The van der Waals surface area contributed by atoms with E-state index < -0.39 is 0 Å². The molecular weight excluding hydrogens is 218 g/mol. The fourth-order valence-corrected chi connectivity index (χ4v) is 3.31. The first-order valence-electron chi connectivity index (χ1n) is 7.47. The number of hydrogen-bond donors (Lipinski definition) is 1. The highest BCUT2D eigenvalue weighted by atomic mass is 14.9. The van der Waals surface area contributed by atoms with Crippen LogP contribution < -0.4 is 5.32 Å². The minimum absolute atomic E-state index is 0.782. The molecule has 0 aromatic heterocycles. The maximum atomic E-state index is 3.74. The Kier molecular flexibility index (Phi) is 4.82. The average Bonchev–Trinajstić information content (AvgIpc) is 2.34. The van der Waals surface area contributed by atoms with Crippen LogP contribution >= 0.6 is 0 Å². The van der Waals surface area contributed by atoms with Gasteiger partial charge in [0.05, 0.1) is 0 Å². The van der Waals surface area contributed by atoms with Gasteiger partial charge in [-0.25, -0.2) is 0 Å². The van der Waals surface area contributed by atoms with Crippen molar-refractivity contribution in [1.29, 1.82) is 0 Å². The third-order valence-corrected chi connectivity index (χ3v) is 4.25. The van der Waals surface area contributed by atoms with Crippen molar-refractivity contribution >= 4 is 0 Å². The van der Waals surface area contributed by atoms with E-state index in [1.54, 1.807) is 5.56 Å². The molecule has 1 aromatic carbocycles. The molecule has 100 valence electrons. The third-order valence-electron chi connectivity index (χ3n) is 4.25. The van der Waals surface area contributed by atoms with Gasteiger partial charge in [-0.1, -0.05) is 37.0 Å². The van der Waals surface area contributed by atoms with Crippen LogP contribution in [0.15, 0.2) is 12.1 Å². The summed E-state index contributed by atoms with van der Waals surface area (Å²) in [4.78, 5) is 0. The summed E-state index contributed by atoms with van der Waals surface area (Å²) in [5.74, 6) is 0. The highest BCUT2D eigenvalue weighted by Crippen LogP contribution is 2.19. The van der Waals surface area contributed by atoms with Gasteiger partial charge >= 0.3 is 0 Å². The van der Waals surface area contributed by atoms with E-state index in [-0.39, 0.29) is 0 Å². The fraction of sp³-hybridized carbons (Fsp3) is 0.647. The van der Waals surface area contributed by atoms with Crippen molar-refractivity contribution in [3.05, 3.63) is 34.4 Å². The number of rotatable bonds is 4. The Morgan fingerprint density at radius 2 is 1.61 bits per heavy atom. The van der Waals surface area contributed by atoms with E-state index in [9.17, 15) is 0 Å². The normalized spacial score (nSPS) is 17.1. The van der Waals surface area contributed by atoms with Crippen molar-refractivity contribution in [1.82, 2.24) is 5.32 Å². The molecule has 0 radical (unpaired) electrons. The predicted octanol–water partition coefficient (Wildman–Crippen LogP) is 4.08. The van der Waals surface area contributed by atoms with Crippen LogP contribution in [0.25, 0.3) is 0 Å². The summed E-state index contributed by atoms with van der Waals surface area (Å²) >= 11 is 0. The molecular formula is C17H27N. The van der Waals surface area contributed by atoms with E-state index in [4.69, 9.17) is 0 Å². The van der Waals surface area contributed by atoms with Gasteiger partial charge in [-0.15, -0.1) is 0 Å². The van der Waals surface area contributed by atoms with Crippen LogP contribution in [0.3, 0.4) is 0 Å². The lowest BCUT2D eigenvalue weighted by molar-refractivity contribution is 0.375. The standard InChI is InChI=1S/C17H27N/c1-13-11-14(2)17(15(3)12-13)9-10-18-16-7-5-4-6-8-16/h11-12,16,18H,4-10H2,1-3H3. The minimum atomic E-state index is 0.782. The molecule has 18 heavy (non-hydrogen) atoms. The van der Waals surface area contributed by atoms with E-state index in [1.165, 1.54) is 55.2 Å². The molecule has 1 N–H and O–H groups in total. The van der Waals surface area contributed by atoms with Gasteiger partial charge in [0.2, 0.25) is 0 Å². The molecule has 0 unspecified atom stereocenters. The van der Waals surface area contributed by atoms with E-state index in [0.29, 0.717) is 0 Å². The van der Waals surface area contributed by atoms with Gasteiger partial charge in [0, 0.05) is 6.04 Å². The van der Waals surface area contributed by atoms with Crippen LogP contribution in [0.1, 0.15) is 54.4 Å². The second kappa shape index (κ2) is 6.38. The summed E-state index contributed by atoms with van der Waals surface area (Å²) in [7, 11) is 0. The summed E-state index contributed by atoms with van der Waals surface area (Å²) in [6.07, 6.45) is 8.21. The van der Waals surface area contributed by atoms with Gasteiger partial charge in [-0.3, -0.25) is 0 Å². The molecule has 1 aromatic rings. The Morgan fingerprint density at radius 1 is 1.00 bits per heavy atom. The number of hydrogen-bond acceptors (Lipinski definition) is 1. The molecule has 0 atom stereocenters. The van der Waals surface area contributed by atoms with Gasteiger partial charge in [0.1, 0.15) is 0 Å². The van der Waals surface area contributed by atoms with Crippen molar-refractivity contribution in [3.8, 4) is 0 Å². The molecule has 1 nitrogen and oxygen atoms in total. The van der Waals surface area contributed by atoms with E-state index in [2.05, 4.69) is 38.2 Å². The fourth-order valence-electron chi connectivity index (χ4n) is 3.31. The third kappa shape index (κ3) is 3.58. The summed E-state index contributed by atoms with van der Waals surface area (Å²) in [6, 6.07) is 5.40. The van der Waals surface area contributed by atoms with Crippen molar-refractivity contribution < 1.29 is 0 Å². The van der Waals surface area contributed by atoms with Crippen molar-refractivity contribution in [3.63, 3.8) is 0 Å². The highest BCUT2D eigenvalue weighted by molar-refractivity contribution is 5.37. The number of benzene rings is 1. The van der Waals surface area contributed by atoms with Crippen LogP contribution in [0.2, 0.25) is 0 Å². The Labute approximate surface area is 112 Å². The average molecular weight is 245 g/mol. The number of aryl methyl sites for hydroxylation is 3. The smallest absolute Gasteiger partial charge is 0.00671 e. The van der Waals surface area contributed by atoms with Crippen molar-refractivity contribution in [2.45, 2.75) is 65.3 Å². The van der Waals surface area contributed by atoms with Gasteiger partial charge in [0.25, 0.3) is 0 Å². The lowest BCUT2D eigenvalue weighted by atomic mass is 9.94. The maximum absolute atomic E-state index is 3.74. The molecule has 0 spiro atoms. The van der Waals surface area contributed by atoms with Crippen LogP contribution in [0.4, 0.5) is 0 Å². The zero-order valence-corrected chi connectivity index (χ0v) is 12.2. The Hall–Kier alpha value is -0.820. The van der Waals surface area contributed by atoms with Gasteiger partial charge in [0.15, 0.2) is 0 Å². The van der Waals surface area contributed by atoms with Crippen LogP contribution in [0, 0.1) is 20.8 Å². The lowest BCUT2D eigenvalue weighted by Crippen LogP contribution is -2.32. The number of nitrogens with one attached hydrogen (secondary N) is 1. The molecule has 0 aliphatic heterocycles. The SMILES string of the molecule is Cc1cc(C)c(CCNC2CCCCC2)c(C)c1. The molecule has 1 aliphatic carbocycles. The topological polar surface area (TPSA) is 12.0 Å². The Bertz CT molecular complexity index is 366. The first kappa shape index (κ1) is 13.6. The first-order chi connectivity index (χ1) is 8.66. The summed E-state index contributed by atoms with van der Waals surface area (Å²) in [5.41, 5.74) is 5.84. The highest BCUT2D eigenvalue weighted by Gasteiger charge is 2.12. The molecule has 1 saturated carbocycles. The van der Waals surface area contributed by atoms with Gasteiger partial charge in [-0.2, -0.15) is 0 Å². The summed E-state index contributed by atoms with van der Waals surface area (Å²) in [6.45, 7) is 7.81. The summed E-state index contributed by atoms with van der Waals surface area (Å²) < 4.78 is 0. The van der Waals surface area contributed by atoms with Crippen LogP contribution in [-0.2, 0) is 6.42 Å². The molecule has 0 saturated heterocycles.